The van der Waals surface area contributed by atoms with Crippen molar-refractivity contribution in [1.82, 2.24) is 25.5 Å². The van der Waals surface area contributed by atoms with Crippen LogP contribution >= 0.6 is 0 Å². The van der Waals surface area contributed by atoms with Crippen molar-refractivity contribution < 1.29 is 19.1 Å². The molecule has 1 aromatic heterocycles. The van der Waals surface area contributed by atoms with E-state index in [1.807, 2.05) is 17.0 Å². The fraction of sp³-hybridized carbons (Fsp3) is 0.524. The molecule has 30 heavy (non-hydrogen) atoms. The number of imidazole rings is 1. The first kappa shape index (κ1) is 21.6. The lowest BCUT2D eigenvalue weighted by atomic mass is 10.0. The highest BCUT2D eigenvalue weighted by molar-refractivity contribution is 5.97. The molecule has 1 saturated heterocycles. The maximum Gasteiger partial charge on any atom is 0.407 e. The molecule has 162 valence electrons. The standard InChI is InChI=1S/C21H29N5O4/c1-21(2,3)30-20(29)22-9-6-18(27)25-15-7-10-26(11-8-15)19(28)14-4-5-16-17(12-14)24-13-23-16/h4-5,12-13,15H,6-11H2,1-3H3,(H,22,29)(H,23,24)(H,25,27). The zero-order valence-corrected chi connectivity index (χ0v) is 17.7. The lowest BCUT2D eigenvalue weighted by Crippen LogP contribution is -2.47. The van der Waals surface area contributed by atoms with Gasteiger partial charge < -0.3 is 25.3 Å². The van der Waals surface area contributed by atoms with Crippen LogP contribution in [0.4, 0.5) is 4.79 Å². The molecule has 2 heterocycles. The highest BCUT2D eigenvalue weighted by atomic mass is 16.6. The molecule has 1 fully saturated rings. The predicted octanol–water partition coefficient (Wildman–Crippen LogP) is 2.20. The van der Waals surface area contributed by atoms with E-state index in [4.69, 9.17) is 4.74 Å². The highest BCUT2D eigenvalue weighted by Crippen LogP contribution is 2.17. The van der Waals surface area contributed by atoms with E-state index >= 15 is 0 Å². The number of likely N-dealkylation sites (tertiary alicyclic amines) is 1. The van der Waals surface area contributed by atoms with Crippen LogP contribution in [0, 0.1) is 0 Å². The molecule has 0 saturated carbocycles. The molecule has 3 rings (SSSR count). The molecule has 0 bridgehead atoms. The maximum atomic E-state index is 12.8. The van der Waals surface area contributed by atoms with Crippen LogP contribution in [-0.2, 0) is 9.53 Å². The SMILES string of the molecule is CC(C)(C)OC(=O)NCCC(=O)NC1CCN(C(=O)c2ccc3nc[nH]c3c2)CC1. The maximum absolute atomic E-state index is 12.8. The van der Waals surface area contributed by atoms with Gasteiger partial charge in [0.25, 0.3) is 5.91 Å². The van der Waals surface area contributed by atoms with Gasteiger partial charge in [0.05, 0.1) is 17.4 Å². The van der Waals surface area contributed by atoms with Gasteiger partial charge in [0.2, 0.25) is 5.91 Å². The van der Waals surface area contributed by atoms with E-state index in [2.05, 4.69) is 20.6 Å². The Hall–Kier alpha value is -3.10. The number of ether oxygens (including phenoxy) is 1. The summed E-state index contributed by atoms with van der Waals surface area (Å²) in [5.74, 6) is -0.140. The molecule has 0 unspecified atom stereocenters. The molecule has 1 aliphatic heterocycles. The minimum atomic E-state index is -0.568. The lowest BCUT2D eigenvalue weighted by Gasteiger charge is -2.32. The van der Waals surface area contributed by atoms with Gasteiger partial charge >= 0.3 is 6.09 Å². The van der Waals surface area contributed by atoms with Crippen molar-refractivity contribution in [3.8, 4) is 0 Å². The molecule has 0 spiro atoms. The van der Waals surface area contributed by atoms with Gasteiger partial charge in [-0.15, -0.1) is 0 Å². The number of alkyl carbamates (subject to hydrolysis) is 1. The number of carbonyl (C=O) groups is 3. The molecule has 0 atom stereocenters. The Labute approximate surface area is 175 Å². The van der Waals surface area contributed by atoms with E-state index < -0.39 is 11.7 Å². The molecule has 2 aromatic rings. The number of hydrogen-bond acceptors (Lipinski definition) is 5. The van der Waals surface area contributed by atoms with Crippen molar-refractivity contribution >= 4 is 28.9 Å². The van der Waals surface area contributed by atoms with Crippen molar-refractivity contribution in [2.24, 2.45) is 0 Å². The summed E-state index contributed by atoms with van der Waals surface area (Å²) in [5, 5.41) is 5.55. The molecule has 1 aromatic carbocycles. The third kappa shape index (κ3) is 5.95. The van der Waals surface area contributed by atoms with E-state index in [0.717, 1.165) is 11.0 Å². The Morgan fingerprint density at radius 2 is 1.97 bits per heavy atom. The van der Waals surface area contributed by atoms with Gasteiger partial charge in [0, 0.05) is 37.7 Å². The zero-order valence-electron chi connectivity index (χ0n) is 17.7. The Balaban J connectivity index is 1.39. The summed E-state index contributed by atoms with van der Waals surface area (Å²) in [6.07, 6.45) is 2.65. The summed E-state index contributed by atoms with van der Waals surface area (Å²) in [7, 11) is 0. The van der Waals surface area contributed by atoms with Crippen LogP contribution in [-0.4, -0.2) is 64.1 Å². The third-order valence-electron chi connectivity index (χ3n) is 4.83. The Morgan fingerprint density at radius 3 is 2.67 bits per heavy atom. The highest BCUT2D eigenvalue weighted by Gasteiger charge is 2.25. The van der Waals surface area contributed by atoms with Crippen LogP contribution < -0.4 is 10.6 Å². The number of nitrogens with one attached hydrogen (secondary N) is 3. The first-order valence-electron chi connectivity index (χ1n) is 10.2. The zero-order chi connectivity index (χ0) is 21.7. The van der Waals surface area contributed by atoms with E-state index in [1.54, 1.807) is 33.2 Å². The molecule has 3 N–H and O–H groups in total. The van der Waals surface area contributed by atoms with Crippen molar-refractivity contribution in [2.75, 3.05) is 19.6 Å². The quantitative estimate of drug-likeness (QED) is 0.692. The summed E-state index contributed by atoms with van der Waals surface area (Å²) in [4.78, 5) is 45.5. The van der Waals surface area contributed by atoms with Crippen molar-refractivity contribution in [3.63, 3.8) is 0 Å². The fourth-order valence-electron chi connectivity index (χ4n) is 3.37. The van der Waals surface area contributed by atoms with Crippen LogP contribution in [0.5, 0.6) is 0 Å². The number of carbonyl (C=O) groups excluding carboxylic acids is 3. The minimum absolute atomic E-state index is 0.0159. The molecule has 9 heteroatoms. The van der Waals surface area contributed by atoms with E-state index in [9.17, 15) is 14.4 Å². The van der Waals surface area contributed by atoms with Gasteiger partial charge in [-0.1, -0.05) is 0 Å². The molecule has 9 nitrogen and oxygen atoms in total. The smallest absolute Gasteiger partial charge is 0.407 e. The average Bonchev–Trinajstić information content (AvgIpc) is 3.14. The number of rotatable bonds is 5. The van der Waals surface area contributed by atoms with E-state index in [-0.39, 0.29) is 30.8 Å². The molecule has 1 aliphatic rings. The Kier molecular flexibility index (Phi) is 6.59. The number of piperidine rings is 1. The summed E-state index contributed by atoms with van der Waals surface area (Å²) in [5.41, 5.74) is 1.72. The number of fused-ring (bicyclic) bond motifs is 1. The molecular formula is C21H29N5O4. The van der Waals surface area contributed by atoms with Crippen LogP contribution in [0.15, 0.2) is 24.5 Å². The number of hydrogen-bond donors (Lipinski definition) is 3. The molecule has 0 aliphatic carbocycles. The van der Waals surface area contributed by atoms with Gasteiger partial charge in [0.15, 0.2) is 0 Å². The first-order valence-corrected chi connectivity index (χ1v) is 10.2. The fourth-order valence-corrected chi connectivity index (χ4v) is 3.37. The number of benzene rings is 1. The second-order valence-corrected chi connectivity index (χ2v) is 8.45. The monoisotopic (exact) mass is 415 g/mol. The van der Waals surface area contributed by atoms with Crippen LogP contribution in [0.2, 0.25) is 0 Å². The largest absolute Gasteiger partial charge is 0.444 e. The topological polar surface area (TPSA) is 116 Å². The second-order valence-electron chi connectivity index (χ2n) is 8.45. The normalized spacial score (nSPS) is 15.1. The summed E-state index contributed by atoms with van der Waals surface area (Å²) < 4.78 is 5.13. The van der Waals surface area contributed by atoms with Gasteiger partial charge in [0.1, 0.15) is 5.60 Å². The number of aromatic amines is 1. The summed E-state index contributed by atoms with van der Waals surface area (Å²) in [6.45, 7) is 6.74. The van der Waals surface area contributed by atoms with Gasteiger partial charge in [-0.3, -0.25) is 9.59 Å². The lowest BCUT2D eigenvalue weighted by molar-refractivity contribution is -0.121. The Bertz CT molecular complexity index is 910. The number of H-pyrrole nitrogens is 1. The van der Waals surface area contributed by atoms with Crippen LogP contribution in [0.1, 0.15) is 50.4 Å². The average molecular weight is 415 g/mol. The number of aromatic nitrogens is 2. The number of nitrogens with zero attached hydrogens (tertiary/aromatic N) is 2. The molecular weight excluding hydrogens is 386 g/mol. The van der Waals surface area contributed by atoms with Crippen molar-refractivity contribution in [1.29, 1.82) is 0 Å². The molecule has 0 radical (unpaired) electrons. The summed E-state index contributed by atoms with van der Waals surface area (Å²) in [6, 6.07) is 5.46. The van der Waals surface area contributed by atoms with Crippen molar-refractivity contribution in [2.45, 2.75) is 51.7 Å². The third-order valence-corrected chi connectivity index (χ3v) is 4.83. The Morgan fingerprint density at radius 1 is 1.23 bits per heavy atom. The minimum Gasteiger partial charge on any atom is -0.444 e. The second kappa shape index (κ2) is 9.15. The first-order chi connectivity index (χ1) is 14.2. The molecule has 3 amide bonds. The van der Waals surface area contributed by atoms with E-state index in [1.165, 1.54) is 0 Å². The number of amides is 3. The van der Waals surface area contributed by atoms with Crippen LogP contribution in [0.25, 0.3) is 11.0 Å². The van der Waals surface area contributed by atoms with Crippen LogP contribution in [0.3, 0.4) is 0 Å². The van der Waals surface area contributed by atoms with E-state index in [0.29, 0.717) is 31.5 Å². The summed E-state index contributed by atoms with van der Waals surface area (Å²) >= 11 is 0. The van der Waals surface area contributed by atoms with Crippen molar-refractivity contribution in [3.05, 3.63) is 30.1 Å². The van der Waals surface area contributed by atoms with Gasteiger partial charge in [-0.25, -0.2) is 9.78 Å². The predicted molar refractivity (Wildman–Crippen MR) is 112 cm³/mol. The van der Waals surface area contributed by atoms with Gasteiger partial charge in [-0.05, 0) is 51.8 Å². The van der Waals surface area contributed by atoms with Gasteiger partial charge in [-0.2, -0.15) is 0 Å².